The largest absolute Gasteiger partial charge is 0.487 e. The molecule has 2 aliphatic rings. The molecule has 5 nitrogen and oxygen atoms in total. The van der Waals surface area contributed by atoms with Gasteiger partial charge in [0.05, 0.1) is 23.2 Å². The lowest BCUT2D eigenvalue weighted by atomic mass is 9.94. The average Bonchev–Trinajstić information content (AvgIpc) is 2.59. The van der Waals surface area contributed by atoms with Crippen molar-refractivity contribution >= 4 is 22.2 Å². The van der Waals surface area contributed by atoms with E-state index in [1.165, 1.54) is 12.1 Å². The third kappa shape index (κ3) is 6.31. The number of hydrogen-bond acceptors (Lipinski definition) is 5. The first-order valence-electron chi connectivity index (χ1n) is 9.31. The van der Waals surface area contributed by atoms with Gasteiger partial charge >= 0.3 is 0 Å². The van der Waals surface area contributed by atoms with Crippen molar-refractivity contribution in [3.05, 3.63) is 24.0 Å². The summed E-state index contributed by atoms with van der Waals surface area (Å²) in [5.41, 5.74) is 0. The Balaban J connectivity index is 0.00000261. The van der Waals surface area contributed by atoms with Crippen LogP contribution in [0.5, 0.6) is 5.75 Å². The Bertz CT molecular complexity index is 714. The quantitative estimate of drug-likeness (QED) is 0.728. The highest BCUT2D eigenvalue weighted by Crippen LogP contribution is 2.29. The normalized spacial score (nSPS) is 25.0. The summed E-state index contributed by atoms with van der Waals surface area (Å²) < 4.78 is 49.1. The Morgan fingerprint density at radius 2 is 1.56 bits per heavy atom. The van der Waals surface area contributed by atoms with Gasteiger partial charge in [0.2, 0.25) is 0 Å². The summed E-state index contributed by atoms with van der Waals surface area (Å²) in [6, 6.07) is 3.83. The van der Waals surface area contributed by atoms with Crippen LogP contribution < -0.4 is 4.74 Å². The van der Waals surface area contributed by atoms with Crippen molar-refractivity contribution in [2.75, 3.05) is 26.4 Å². The molecule has 1 saturated heterocycles. The zero-order chi connectivity index (χ0) is 18.7. The molecule has 0 amide bonds. The fourth-order valence-corrected chi connectivity index (χ4v) is 4.30. The first kappa shape index (κ1) is 22.4. The van der Waals surface area contributed by atoms with Gasteiger partial charge in [0.1, 0.15) is 0 Å². The summed E-state index contributed by atoms with van der Waals surface area (Å²) in [7, 11) is -1.28. The van der Waals surface area contributed by atoms with Crippen molar-refractivity contribution in [3.8, 4) is 5.75 Å². The Kier molecular flexibility index (Phi) is 7.92. The van der Waals surface area contributed by atoms with E-state index in [2.05, 4.69) is 11.9 Å². The lowest BCUT2D eigenvalue weighted by Crippen LogP contribution is -2.37. The number of halogens is 2. The molecule has 0 bridgehead atoms. The number of hydrogen-bond donors (Lipinski definition) is 0. The summed E-state index contributed by atoms with van der Waals surface area (Å²) >= 11 is 0. The van der Waals surface area contributed by atoms with Crippen molar-refractivity contribution in [3.63, 3.8) is 0 Å². The van der Waals surface area contributed by atoms with E-state index in [0.29, 0.717) is 6.10 Å². The first-order valence-corrected chi connectivity index (χ1v) is 11.2. The molecule has 27 heavy (non-hydrogen) atoms. The second kappa shape index (κ2) is 9.54. The van der Waals surface area contributed by atoms with Gasteiger partial charge in [0.15, 0.2) is 21.4 Å². The SMILES string of the molecule is CN1CCC(O[C@H]2CC[C@H](Oc3ccc(S(C)(=O)=O)cc3F)CC2)CC1.Cl. The van der Waals surface area contributed by atoms with Gasteiger partial charge in [-0.15, -0.1) is 12.4 Å². The minimum absolute atomic E-state index is 0. The van der Waals surface area contributed by atoms with Crippen LogP contribution in [0.15, 0.2) is 23.1 Å². The van der Waals surface area contributed by atoms with E-state index in [9.17, 15) is 12.8 Å². The van der Waals surface area contributed by atoms with Gasteiger partial charge in [-0.3, -0.25) is 0 Å². The molecule has 1 heterocycles. The second-order valence-corrected chi connectivity index (χ2v) is 9.54. The minimum atomic E-state index is -3.42. The molecule has 1 aliphatic heterocycles. The molecule has 0 aromatic heterocycles. The zero-order valence-electron chi connectivity index (χ0n) is 15.9. The molecule has 0 unspecified atom stereocenters. The molecule has 0 N–H and O–H groups in total. The van der Waals surface area contributed by atoms with Crippen LogP contribution in [-0.4, -0.2) is 58.0 Å². The molecule has 1 saturated carbocycles. The van der Waals surface area contributed by atoms with Crippen molar-refractivity contribution in [2.24, 2.45) is 0 Å². The van der Waals surface area contributed by atoms with E-state index in [1.54, 1.807) is 0 Å². The Morgan fingerprint density at radius 3 is 2.11 bits per heavy atom. The molecule has 1 aromatic carbocycles. The summed E-state index contributed by atoms with van der Waals surface area (Å²) in [6.07, 6.45) is 7.29. The van der Waals surface area contributed by atoms with Gasteiger partial charge in [0.25, 0.3) is 0 Å². The molecule has 8 heteroatoms. The van der Waals surface area contributed by atoms with Crippen molar-refractivity contribution in [1.82, 2.24) is 4.90 Å². The molecule has 2 fully saturated rings. The van der Waals surface area contributed by atoms with E-state index in [-0.39, 0.29) is 35.3 Å². The van der Waals surface area contributed by atoms with Crippen LogP contribution in [0.1, 0.15) is 38.5 Å². The number of piperidine rings is 1. The van der Waals surface area contributed by atoms with Crippen LogP contribution in [0, 0.1) is 5.82 Å². The summed E-state index contributed by atoms with van der Waals surface area (Å²) in [4.78, 5) is 2.30. The van der Waals surface area contributed by atoms with Crippen LogP contribution >= 0.6 is 12.4 Å². The smallest absolute Gasteiger partial charge is 0.175 e. The van der Waals surface area contributed by atoms with Gasteiger partial charge < -0.3 is 14.4 Å². The standard InChI is InChI=1S/C19H28FNO4S.ClH/c1-21-11-9-16(10-12-21)24-14-3-5-15(6-4-14)25-19-8-7-17(13-18(19)20)26(2,22)23;/h7-8,13-16H,3-6,9-12H2,1-2H3;1H/t14-,15-;. The van der Waals surface area contributed by atoms with Crippen LogP contribution in [-0.2, 0) is 14.6 Å². The molecule has 0 spiro atoms. The molecular formula is C19H29ClFNO4S. The minimum Gasteiger partial charge on any atom is -0.487 e. The van der Waals surface area contributed by atoms with Gasteiger partial charge in [-0.2, -0.15) is 0 Å². The lowest BCUT2D eigenvalue weighted by Gasteiger charge is -2.35. The van der Waals surface area contributed by atoms with Crippen molar-refractivity contribution in [2.45, 2.75) is 61.7 Å². The number of sulfone groups is 1. The molecule has 3 rings (SSSR count). The third-order valence-electron chi connectivity index (χ3n) is 5.30. The van der Waals surface area contributed by atoms with Crippen LogP contribution in [0.3, 0.4) is 0 Å². The van der Waals surface area contributed by atoms with Crippen LogP contribution in [0.4, 0.5) is 4.39 Å². The Labute approximate surface area is 167 Å². The predicted octanol–water partition coefficient (Wildman–Crippen LogP) is 3.45. The van der Waals surface area contributed by atoms with Gasteiger partial charge in [0, 0.05) is 19.3 Å². The van der Waals surface area contributed by atoms with E-state index < -0.39 is 15.7 Å². The topological polar surface area (TPSA) is 55.8 Å². The van der Waals surface area contributed by atoms with E-state index in [1.807, 2.05) is 0 Å². The van der Waals surface area contributed by atoms with Gasteiger partial charge in [-0.1, -0.05) is 0 Å². The molecule has 1 aliphatic carbocycles. The number of rotatable bonds is 5. The van der Waals surface area contributed by atoms with Crippen LogP contribution in [0.25, 0.3) is 0 Å². The van der Waals surface area contributed by atoms with Crippen molar-refractivity contribution < 1.29 is 22.3 Å². The fourth-order valence-electron chi connectivity index (χ4n) is 3.67. The molecule has 0 atom stereocenters. The number of likely N-dealkylation sites (tertiary alicyclic amines) is 1. The predicted molar refractivity (Wildman–Crippen MR) is 105 cm³/mol. The number of ether oxygens (including phenoxy) is 2. The highest BCUT2D eigenvalue weighted by atomic mass is 35.5. The Hall–Kier alpha value is -0.890. The van der Waals surface area contributed by atoms with E-state index >= 15 is 0 Å². The van der Waals surface area contributed by atoms with Gasteiger partial charge in [-0.05, 0) is 63.8 Å². The monoisotopic (exact) mass is 421 g/mol. The highest BCUT2D eigenvalue weighted by Gasteiger charge is 2.27. The number of nitrogens with zero attached hydrogens (tertiary/aromatic N) is 1. The average molecular weight is 422 g/mol. The summed E-state index contributed by atoms with van der Waals surface area (Å²) in [5.74, 6) is -0.505. The summed E-state index contributed by atoms with van der Waals surface area (Å²) in [6.45, 7) is 2.18. The van der Waals surface area contributed by atoms with E-state index in [0.717, 1.165) is 63.9 Å². The van der Waals surface area contributed by atoms with Crippen LogP contribution in [0.2, 0.25) is 0 Å². The van der Waals surface area contributed by atoms with E-state index in [4.69, 9.17) is 9.47 Å². The molecule has 1 aromatic rings. The highest BCUT2D eigenvalue weighted by molar-refractivity contribution is 7.90. The molecular weight excluding hydrogens is 393 g/mol. The first-order chi connectivity index (χ1) is 12.3. The third-order valence-corrected chi connectivity index (χ3v) is 6.41. The fraction of sp³-hybridized carbons (Fsp3) is 0.684. The molecule has 154 valence electrons. The molecule has 0 radical (unpaired) electrons. The van der Waals surface area contributed by atoms with Gasteiger partial charge in [-0.25, -0.2) is 12.8 Å². The second-order valence-electron chi connectivity index (χ2n) is 7.52. The maximum Gasteiger partial charge on any atom is 0.175 e. The van der Waals surface area contributed by atoms with Crippen molar-refractivity contribution in [1.29, 1.82) is 0 Å². The Morgan fingerprint density at radius 1 is 1.00 bits per heavy atom. The summed E-state index contributed by atoms with van der Waals surface area (Å²) in [5, 5.41) is 0. The number of benzene rings is 1. The zero-order valence-corrected chi connectivity index (χ0v) is 17.5. The maximum atomic E-state index is 14.1. The maximum absolute atomic E-state index is 14.1. The lowest BCUT2D eigenvalue weighted by molar-refractivity contribution is -0.0645.